The fraction of sp³-hybridized carbons (Fsp3) is 0. The van der Waals surface area contributed by atoms with Crippen LogP contribution in [-0.2, 0) is 69.8 Å². The van der Waals surface area contributed by atoms with Crippen molar-refractivity contribution in [2.24, 2.45) is 0 Å². The summed E-state index contributed by atoms with van der Waals surface area (Å²) < 4.78 is 0. The first-order chi connectivity index (χ1) is 0. The molecule has 0 spiro atoms. The van der Waals surface area contributed by atoms with Gasteiger partial charge in [-0.25, -0.2) is 0 Å². The number of hydrogen-bond acceptors (Lipinski definition) is 0. The van der Waals surface area contributed by atoms with Gasteiger partial charge in [0.15, 0.2) is 0 Å². The second-order valence-electron chi connectivity index (χ2n) is 0. The molecule has 0 aliphatic carbocycles. The van der Waals surface area contributed by atoms with Crippen molar-refractivity contribution in [1.82, 2.24) is 0 Å². The van der Waals surface area contributed by atoms with E-state index in [0.29, 0.717) is 0 Å². The Morgan fingerprint density at radius 3 is 1.20 bits per heavy atom. The first-order valence-electron chi connectivity index (χ1n) is 0. The molecule has 2 radical (unpaired) electrons. The van der Waals surface area contributed by atoms with Crippen molar-refractivity contribution in [2.45, 2.75) is 0 Å². The van der Waals surface area contributed by atoms with E-state index in [-0.39, 0.29) is 90.1 Å². The summed E-state index contributed by atoms with van der Waals surface area (Å²) in [5.41, 5.74) is 0. The third kappa shape index (κ3) is 20.2. The smallest absolute Gasteiger partial charge is 1.00 e. The topological polar surface area (TPSA) is 0 Å². The van der Waals surface area contributed by atoms with Crippen LogP contribution in [0.15, 0.2) is 0 Å². The molecule has 0 heterocycles. The van der Waals surface area contributed by atoms with E-state index in [1.807, 2.05) is 0 Å². The van der Waals surface area contributed by atoms with E-state index in [1.165, 1.54) is 0 Å². The Morgan fingerprint density at radius 1 is 1.20 bits per heavy atom. The molecule has 0 fully saturated rings. The maximum atomic E-state index is 0. The summed E-state index contributed by atoms with van der Waals surface area (Å²) in [5, 5.41) is 0. The van der Waals surface area contributed by atoms with Crippen LogP contribution >= 0.6 is 0 Å². The molecule has 0 unspecified atom stereocenters. The predicted octanol–water partition coefficient (Wildman–Crippen LogP) is -2.89. The van der Waals surface area contributed by atoms with Crippen molar-refractivity contribution in [2.75, 3.05) is 0 Å². The molecule has 0 atom stereocenters. The Hall–Kier alpha value is 2.74. The Balaban J connectivity index is 0. The van der Waals surface area contributed by atoms with Gasteiger partial charge in [-0.05, 0) is 0 Å². The van der Waals surface area contributed by atoms with E-state index < -0.39 is 0 Å². The summed E-state index contributed by atoms with van der Waals surface area (Å²) in [6.45, 7) is 0. The van der Waals surface area contributed by atoms with Gasteiger partial charge in [-0.3, -0.25) is 0 Å². The molecule has 0 aromatic carbocycles. The first-order valence-corrected chi connectivity index (χ1v) is 0. The average Bonchev–Trinajstić information content (AvgIpc) is 0. The van der Waals surface area contributed by atoms with Crippen molar-refractivity contribution >= 4 is 0 Å². The summed E-state index contributed by atoms with van der Waals surface area (Å²) in [4.78, 5) is 0. The minimum absolute atomic E-state index is 0. The minimum atomic E-state index is 0. The number of rotatable bonds is 0. The normalized spacial score (nSPS) is 0. The molecule has 0 nitrogen and oxygen atoms in total. The van der Waals surface area contributed by atoms with Crippen LogP contribution in [0.5, 0.6) is 0 Å². The molecule has 0 aromatic heterocycles. The molecular weight excluding hydrogens is 245 g/mol. The molecule has 5 heavy (non-hydrogen) atoms. The predicted molar refractivity (Wildman–Crippen MR) is 1.11 cm³/mol. The summed E-state index contributed by atoms with van der Waals surface area (Å²) in [5.74, 6) is 0. The van der Waals surface area contributed by atoms with Crippen LogP contribution in [0.3, 0.4) is 0 Å². The van der Waals surface area contributed by atoms with Gasteiger partial charge in [0.25, 0.3) is 0 Å². The Labute approximate surface area is 89.0 Å². The molecule has 0 N–H and O–H groups in total. The average molecular weight is 246 g/mol. The zero-order chi connectivity index (χ0) is 0. The maximum absolute atomic E-state index is 0. The second kappa shape index (κ2) is 29.6. The molecule has 0 saturated carbocycles. The van der Waals surface area contributed by atoms with Gasteiger partial charge in [0, 0.05) is 69.8 Å². The van der Waals surface area contributed by atoms with Gasteiger partial charge in [0.05, 0.1) is 0 Å². The van der Waals surface area contributed by atoms with Crippen LogP contribution in [-0.4, -0.2) is 0 Å². The van der Waals surface area contributed by atoms with Crippen molar-refractivity contribution in [1.29, 1.82) is 0 Å². The Kier molecular flexibility index (Phi) is 277. The SMILES string of the molecule is [Co].[H-].[Li+].[Mn].[Ni].[Zn]. The molecule has 0 aliphatic heterocycles. The van der Waals surface area contributed by atoms with Crippen molar-refractivity contribution in [3.63, 3.8) is 0 Å². The molecule has 30 valence electrons. The monoisotopic (exact) mass is 244 g/mol. The van der Waals surface area contributed by atoms with Gasteiger partial charge in [0.1, 0.15) is 0 Å². The van der Waals surface area contributed by atoms with E-state index in [0.717, 1.165) is 0 Å². The second-order valence-corrected chi connectivity index (χ2v) is 0. The fourth-order valence-corrected chi connectivity index (χ4v) is 0. The Morgan fingerprint density at radius 2 is 1.20 bits per heavy atom. The van der Waals surface area contributed by atoms with Crippen LogP contribution in [0.25, 0.3) is 0 Å². The zero-order valence-corrected chi connectivity index (χ0v) is 8.91. The third-order valence-corrected chi connectivity index (χ3v) is 0. The maximum Gasteiger partial charge on any atom is 1.00 e. The largest absolute Gasteiger partial charge is 1.00 e. The van der Waals surface area contributed by atoms with Crippen molar-refractivity contribution in [3.8, 4) is 0 Å². The molecule has 0 amide bonds. The molecule has 0 saturated heterocycles. The summed E-state index contributed by atoms with van der Waals surface area (Å²) >= 11 is 0. The van der Waals surface area contributed by atoms with E-state index in [9.17, 15) is 0 Å². The van der Waals surface area contributed by atoms with E-state index in [4.69, 9.17) is 0 Å². The van der Waals surface area contributed by atoms with Gasteiger partial charge in [-0.15, -0.1) is 0 Å². The van der Waals surface area contributed by atoms with Gasteiger partial charge < -0.3 is 1.43 Å². The van der Waals surface area contributed by atoms with Crippen LogP contribution < -0.4 is 18.9 Å². The van der Waals surface area contributed by atoms with Crippen LogP contribution in [0.1, 0.15) is 1.43 Å². The molecule has 0 rings (SSSR count). The van der Waals surface area contributed by atoms with Gasteiger partial charge in [0.2, 0.25) is 0 Å². The zero-order valence-electron chi connectivity index (χ0n) is 3.73. The molecular formula is HCoLiMnNiZn. The Bertz CT molecular complexity index is 15.5. The standard InChI is InChI=1S/Co.Li.Mn.Ni.Zn.H/q;+1;;;;-1. The molecule has 0 aliphatic rings. The van der Waals surface area contributed by atoms with Crippen molar-refractivity contribution in [3.05, 3.63) is 0 Å². The quantitative estimate of drug-likeness (QED) is 0.402. The van der Waals surface area contributed by atoms with Crippen molar-refractivity contribution < 1.29 is 90.1 Å². The van der Waals surface area contributed by atoms with Gasteiger partial charge >= 0.3 is 18.9 Å². The van der Waals surface area contributed by atoms with Crippen LogP contribution in [0.2, 0.25) is 0 Å². The van der Waals surface area contributed by atoms with Crippen LogP contribution in [0.4, 0.5) is 0 Å². The van der Waals surface area contributed by atoms with E-state index in [1.54, 1.807) is 0 Å². The van der Waals surface area contributed by atoms with Gasteiger partial charge in [-0.2, -0.15) is 0 Å². The van der Waals surface area contributed by atoms with Gasteiger partial charge in [-0.1, -0.05) is 0 Å². The third-order valence-electron chi connectivity index (χ3n) is 0. The van der Waals surface area contributed by atoms with E-state index >= 15 is 0 Å². The number of hydrogen-bond donors (Lipinski definition) is 0. The van der Waals surface area contributed by atoms with E-state index in [2.05, 4.69) is 0 Å². The molecule has 0 aromatic rings. The fourth-order valence-electron chi connectivity index (χ4n) is 0. The molecule has 5 heteroatoms. The van der Waals surface area contributed by atoms with Crippen LogP contribution in [0, 0.1) is 0 Å². The summed E-state index contributed by atoms with van der Waals surface area (Å²) in [7, 11) is 0. The minimum Gasteiger partial charge on any atom is -1.00 e. The summed E-state index contributed by atoms with van der Waals surface area (Å²) in [6, 6.07) is 0. The summed E-state index contributed by atoms with van der Waals surface area (Å²) in [6.07, 6.45) is 0. The first kappa shape index (κ1) is 46.8. The molecule has 0 bridgehead atoms.